The molecule has 9 heteroatoms. The van der Waals surface area contributed by atoms with Crippen molar-refractivity contribution in [3.05, 3.63) is 65.3 Å². The third-order valence-corrected chi connectivity index (χ3v) is 4.51. The first kappa shape index (κ1) is 19.8. The number of hydrogen-bond acceptors (Lipinski definition) is 7. The average molecular weight is 411 g/mol. The summed E-state index contributed by atoms with van der Waals surface area (Å²) in [6.45, 7) is 3.55. The molecule has 9 nitrogen and oxygen atoms in total. The smallest absolute Gasteiger partial charge is 0.358 e. The maximum atomic E-state index is 12.2. The van der Waals surface area contributed by atoms with E-state index in [2.05, 4.69) is 31.9 Å². The van der Waals surface area contributed by atoms with Crippen molar-refractivity contribution in [3.8, 4) is 29.2 Å². The minimum atomic E-state index is -0.622. The van der Waals surface area contributed by atoms with Crippen LogP contribution in [-0.2, 0) is 11.8 Å². The van der Waals surface area contributed by atoms with Gasteiger partial charge in [0.1, 0.15) is 6.07 Å². The Hall–Kier alpha value is -4.50. The van der Waals surface area contributed by atoms with E-state index in [1.165, 1.54) is 4.52 Å². The van der Waals surface area contributed by atoms with Crippen LogP contribution in [0.15, 0.2) is 36.5 Å². The van der Waals surface area contributed by atoms with Crippen LogP contribution in [0.5, 0.6) is 0 Å². The standard InChI is InChI=1S/C22H17N7O2/c1-4-31-22(30)20-14(2)29-21(16(12-23)25-20)26-18(27-29)10-11-19-24-17(13-28(19)3)15-8-6-5-7-9-15/h5-9,13H,4H2,1-3H3. The molecule has 0 aliphatic carbocycles. The highest BCUT2D eigenvalue weighted by Gasteiger charge is 2.20. The van der Waals surface area contributed by atoms with Gasteiger partial charge in [-0.3, -0.25) is 0 Å². The summed E-state index contributed by atoms with van der Waals surface area (Å²) in [6, 6.07) is 11.7. The molecule has 152 valence electrons. The van der Waals surface area contributed by atoms with E-state index in [1.807, 2.05) is 54.2 Å². The highest BCUT2D eigenvalue weighted by molar-refractivity contribution is 5.89. The van der Waals surface area contributed by atoms with Crippen molar-refractivity contribution in [1.82, 2.24) is 29.1 Å². The van der Waals surface area contributed by atoms with Gasteiger partial charge in [0, 0.05) is 18.8 Å². The molecular formula is C22H17N7O2. The normalized spacial score (nSPS) is 10.4. The van der Waals surface area contributed by atoms with E-state index in [0.717, 1.165) is 11.3 Å². The Labute approximate surface area is 178 Å². The van der Waals surface area contributed by atoms with Crippen molar-refractivity contribution in [2.75, 3.05) is 6.61 Å². The van der Waals surface area contributed by atoms with Crippen LogP contribution in [0.25, 0.3) is 16.9 Å². The summed E-state index contributed by atoms with van der Waals surface area (Å²) in [5.74, 6) is 5.95. The van der Waals surface area contributed by atoms with Crippen LogP contribution < -0.4 is 0 Å². The number of ether oxygens (including phenoxy) is 1. The number of fused-ring (bicyclic) bond motifs is 1. The highest BCUT2D eigenvalue weighted by atomic mass is 16.5. The third-order valence-electron chi connectivity index (χ3n) is 4.51. The highest BCUT2D eigenvalue weighted by Crippen LogP contribution is 2.17. The molecule has 0 radical (unpaired) electrons. The number of aromatic nitrogens is 6. The Balaban J connectivity index is 1.74. The fourth-order valence-electron chi connectivity index (χ4n) is 3.01. The first-order valence-electron chi connectivity index (χ1n) is 9.47. The predicted molar refractivity (Wildman–Crippen MR) is 111 cm³/mol. The molecular weight excluding hydrogens is 394 g/mol. The van der Waals surface area contributed by atoms with Gasteiger partial charge in [0.05, 0.1) is 18.0 Å². The average Bonchev–Trinajstić information content (AvgIpc) is 3.37. The molecule has 0 bridgehead atoms. The molecule has 3 heterocycles. The van der Waals surface area contributed by atoms with Gasteiger partial charge in [0.25, 0.3) is 0 Å². The Bertz CT molecular complexity index is 1400. The minimum absolute atomic E-state index is 0.0203. The number of nitriles is 1. The lowest BCUT2D eigenvalue weighted by Gasteiger charge is -2.06. The van der Waals surface area contributed by atoms with Gasteiger partial charge in [-0.05, 0) is 25.7 Å². The fourth-order valence-corrected chi connectivity index (χ4v) is 3.01. The van der Waals surface area contributed by atoms with Crippen LogP contribution in [0, 0.1) is 30.1 Å². The van der Waals surface area contributed by atoms with Crippen molar-refractivity contribution >= 4 is 11.6 Å². The fraction of sp³-hybridized carbons (Fsp3) is 0.182. The van der Waals surface area contributed by atoms with Crippen LogP contribution in [0.1, 0.15) is 40.4 Å². The second-order valence-electron chi connectivity index (χ2n) is 6.57. The van der Waals surface area contributed by atoms with Gasteiger partial charge in [-0.1, -0.05) is 30.3 Å². The molecule has 0 N–H and O–H groups in total. The monoisotopic (exact) mass is 411 g/mol. The molecule has 0 saturated heterocycles. The lowest BCUT2D eigenvalue weighted by Crippen LogP contribution is -2.14. The molecule has 31 heavy (non-hydrogen) atoms. The van der Waals surface area contributed by atoms with Gasteiger partial charge in [0.15, 0.2) is 22.9 Å². The molecule has 0 atom stereocenters. The number of esters is 1. The van der Waals surface area contributed by atoms with E-state index in [0.29, 0.717) is 11.5 Å². The number of rotatable bonds is 3. The molecule has 0 saturated carbocycles. The van der Waals surface area contributed by atoms with E-state index < -0.39 is 5.97 Å². The second-order valence-corrected chi connectivity index (χ2v) is 6.57. The number of nitrogens with zero attached hydrogens (tertiary/aromatic N) is 7. The molecule has 4 aromatic rings. The zero-order chi connectivity index (χ0) is 22.0. The van der Waals surface area contributed by atoms with Crippen molar-refractivity contribution in [1.29, 1.82) is 5.26 Å². The summed E-state index contributed by atoms with van der Waals surface area (Å²) in [5.41, 5.74) is 2.42. The zero-order valence-electron chi connectivity index (χ0n) is 17.1. The lowest BCUT2D eigenvalue weighted by atomic mass is 10.2. The number of aryl methyl sites for hydroxylation is 2. The molecule has 0 unspecified atom stereocenters. The quantitative estimate of drug-likeness (QED) is 0.376. The van der Waals surface area contributed by atoms with Crippen LogP contribution in [0.2, 0.25) is 0 Å². The number of imidazole rings is 1. The molecule has 0 amide bonds. The first-order valence-corrected chi connectivity index (χ1v) is 9.47. The van der Waals surface area contributed by atoms with Gasteiger partial charge in [0.2, 0.25) is 5.82 Å². The van der Waals surface area contributed by atoms with Crippen molar-refractivity contribution < 1.29 is 9.53 Å². The topological polar surface area (TPSA) is 111 Å². The summed E-state index contributed by atoms with van der Waals surface area (Å²) in [6.07, 6.45) is 1.89. The van der Waals surface area contributed by atoms with Crippen LogP contribution in [0.3, 0.4) is 0 Å². The first-order chi connectivity index (χ1) is 15.0. The van der Waals surface area contributed by atoms with Gasteiger partial charge in [-0.2, -0.15) is 10.2 Å². The number of carbonyl (C=O) groups is 1. The van der Waals surface area contributed by atoms with E-state index in [1.54, 1.807) is 13.8 Å². The van der Waals surface area contributed by atoms with E-state index >= 15 is 0 Å². The van der Waals surface area contributed by atoms with Gasteiger partial charge in [-0.15, -0.1) is 5.10 Å². The Morgan fingerprint density at radius 2 is 1.94 bits per heavy atom. The lowest BCUT2D eigenvalue weighted by molar-refractivity contribution is 0.0517. The Morgan fingerprint density at radius 3 is 2.65 bits per heavy atom. The summed E-state index contributed by atoms with van der Waals surface area (Å²) in [5, 5.41) is 13.8. The van der Waals surface area contributed by atoms with Crippen molar-refractivity contribution in [2.45, 2.75) is 13.8 Å². The SMILES string of the molecule is CCOC(=O)c1nc(C#N)c2nc(C#Cc3nc(-c4ccccc4)cn3C)nn2c1C. The molecule has 0 spiro atoms. The molecule has 4 rings (SSSR count). The summed E-state index contributed by atoms with van der Waals surface area (Å²) < 4.78 is 8.21. The molecule has 0 aliphatic heterocycles. The van der Waals surface area contributed by atoms with Crippen LogP contribution in [0.4, 0.5) is 0 Å². The third kappa shape index (κ3) is 3.72. The number of hydrogen-bond donors (Lipinski definition) is 0. The molecule has 3 aromatic heterocycles. The van der Waals surface area contributed by atoms with Crippen molar-refractivity contribution in [2.24, 2.45) is 7.05 Å². The largest absolute Gasteiger partial charge is 0.461 e. The summed E-state index contributed by atoms with van der Waals surface area (Å²) in [7, 11) is 1.86. The summed E-state index contributed by atoms with van der Waals surface area (Å²) in [4.78, 5) is 25.1. The van der Waals surface area contributed by atoms with Gasteiger partial charge < -0.3 is 9.30 Å². The number of benzene rings is 1. The van der Waals surface area contributed by atoms with Crippen LogP contribution >= 0.6 is 0 Å². The maximum absolute atomic E-state index is 12.2. The van der Waals surface area contributed by atoms with E-state index in [9.17, 15) is 10.1 Å². The van der Waals surface area contributed by atoms with Crippen LogP contribution in [-0.4, -0.2) is 41.7 Å². The number of carbonyl (C=O) groups excluding carboxylic acids is 1. The van der Waals surface area contributed by atoms with E-state index in [-0.39, 0.29) is 29.5 Å². The predicted octanol–water partition coefficient (Wildman–Crippen LogP) is 2.28. The van der Waals surface area contributed by atoms with E-state index in [4.69, 9.17) is 4.74 Å². The Kier molecular flexibility index (Phi) is 5.17. The van der Waals surface area contributed by atoms with Crippen molar-refractivity contribution in [3.63, 3.8) is 0 Å². The summed E-state index contributed by atoms with van der Waals surface area (Å²) >= 11 is 0. The second kappa shape index (κ2) is 8.09. The molecule has 1 aromatic carbocycles. The van der Waals surface area contributed by atoms with Gasteiger partial charge in [-0.25, -0.2) is 19.3 Å². The maximum Gasteiger partial charge on any atom is 0.358 e. The molecule has 0 fully saturated rings. The van der Waals surface area contributed by atoms with Gasteiger partial charge >= 0.3 is 5.97 Å². The minimum Gasteiger partial charge on any atom is -0.461 e. The molecule has 0 aliphatic rings. The Morgan fingerprint density at radius 1 is 1.16 bits per heavy atom. The zero-order valence-corrected chi connectivity index (χ0v) is 17.1.